The molecule has 1 saturated heterocycles. The minimum absolute atomic E-state index is 0.645. The molecule has 3 nitrogen and oxygen atoms in total. The third kappa shape index (κ3) is 2.58. The molecule has 2 rings (SSSR count). The van der Waals surface area contributed by atoms with Crippen molar-refractivity contribution >= 4 is 0 Å². The zero-order chi connectivity index (χ0) is 11.5. The molecular formula is C13H26N2O. The summed E-state index contributed by atoms with van der Waals surface area (Å²) in [5.41, 5.74) is 0. The fraction of sp³-hybridized carbons (Fsp3) is 1.00. The van der Waals surface area contributed by atoms with Gasteiger partial charge in [-0.15, -0.1) is 0 Å². The molecule has 0 aromatic heterocycles. The van der Waals surface area contributed by atoms with Crippen molar-refractivity contribution in [1.82, 2.24) is 10.2 Å². The molecule has 0 bridgehead atoms. The molecule has 3 heteroatoms. The van der Waals surface area contributed by atoms with Crippen LogP contribution in [0.1, 0.15) is 32.6 Å². The van der Waals surface area contributed by atoms with Crippen LogP contribution >= 0.6 is 0 Å². The SMILES string of the molecule is CNC1CCC(C)CC1N(C)C1CCOC1. The quantitative estimate of drug-likeness (QED) is 0.789. The molecule has 0 spiro atoms. The van der Waals surface area contributed by atoms with Crippen LogP contribution in [0.5, 0.6) is 0 Å². The monoisotopic (exact) mass is 226 g/mol. The molecule has 2 aliphatic rings. The van der Waals surface area contributed by atoms with Crippen molar-refractivity contribution in [3.63, 3.8) is 0 Å². The Morgan fingerprint density at radius 2 is 2.06 bits per heavy atom. The summed E-state index contributed by atoms with van der Waals surface area (Å²) >= 11 is 0. The summed E-state index contributed by atoms with van der Waals surface area (Å²) in [6, 6.07) is 2.01. The van der Waals surface area contributed by atoms with Gasteiger partial charge in [-0.25, -0.2) is 0 Å². The number of likely N-dealkylation sites (N-methyl/N-ethyl adjacent to an activating group) is 2. The summed E-state index contributed by atoms with van der Waals surface area (Å²) in [6.07, 6.45) is 5.23. The Balaban J connectivity index is 1.97. The van der Waals surface area contributed by atoms with Gasteiger partial charge in [-0.2, -0.15) is 0 Å². The Morgan fingerprint density at radius 1 is 1.25 bits per heavy atom. The molecular weight excluding hydrogens is 200 g/mol. The summed E-state index contributed by atoms with van der Waals surface area (Å²) in [5, 5.41) is 3.50. The van der Waals surface area contributed by atoms with Crippen molar-refractivity contribution < 1.29 is 4.74 Å². The topological polar surface area (TPSA) is 24.5 Å². The third-order valence-corrected chi connectivity index (χ3v) is 4.45. The van der Waals surface area contributed by atoms with Crippen LogP contribution in [0, 0.1) is 5.92 Å². The van der Waals surface area contributed by atoms with E-state index in [2.05, 4.69) is 31.2 Å². The molecule has 0 amide bonds. The van der Waals surface area contributed by atoms with Crippen LogP contribution < -0.4 is 5.32 Å². The lowest BCUT2D eigenvalue weighted by molar-refractivity contribution is 0.0794. The maximum Gasteiger partial charge on any atom is 0.0622 e. The molecule has 4 atom stereocenters. The maximum absolute atomic E-state index is 5.50. The number of nitrogens with zero attached hydrogens (tertiary/aromatic N) is 1. The molecule has 1 aliphatic heterocycles. The van der Waals surface area contributed by atoms with Gasteiger partial charge in [0, 0.05) is 24.7 Å². The molecule has 1 saturated carbocycles. The summed E-state index contributed by atoms with van der Waals surface area (Å²) < 4.78 is 5.50. The molecule has 0 aromatic rings. The first-order valence-corrected chi connectivity index (χ1v) is 6.69. The molecule has 94 valence electrons. The van der Waals surface area contributed by atoms with Gasteiger partial charge in [0.2, 0.25) is 0 Å². The first kappa shape index (κ1) is 12.3. The second-order valence-corrected chi connectivity index (χ2v) is 5.56. The first-order chi connectivity index (χ1) is 7.72. The Morgan fingerprint density at radius 3 is 2.69 bits per heavy atom. The van der Waals surface area contributed by atoms with E-state index < -0.39 is 0 Å². The highest BCUT2D eigenvalue weighted by Crippen LogP contribution is 2.29. The second kappa shape index (κ2) is 5.48. The van der Waals surface area contributed by atoms with E-state index in [-0.39, 0.29) is 0 Å². The van der Waals surface area contributed by atoms with Crippen LogP contribution in [0.4, 0.5) is 0 Å². The van der Waals surface area contributed by atoms with Gasteiger partial charge in [-0.3, -0.25) is 4.90 Å². The van der Waals surface area contributed by atoms with E-state index in [0.717, 1.165) is 19.1 Å². The average molecular weight is 226 g/mol. The molecule has 0 radical (unpaired) electrons. The second-order valence-electron chi connectivity index (χ2n) is 5.56. The number of hydrogen-bond donors (Lipinski definition) is 1. The van der Waals surface area contributed by atoms with Gasteiger partial charge in [-0.1, -0.05) is 6.92 Å². The Hall–Kier alpha value is -0.120. The van der Waals surface area contributed by atoms with Crippen LogP contribution in [0.3, 0.4) is 0 Å². The largest absolute Gasteiger partial charge is 0.380 e. The van der Waals surface area contributed by atoms with Gasteiger partial charge in [0.15, 0.2) is 0 Å². The van der Waals surface area contributed by atoms with E-state index in [9.17, 15) is 0 Å². The summed E-state index contributed by atoms with van der Waals surface area (Å²) in [6.45, 7) is 4.26. The number of nitrogens with one attached hydrogen (secondary N) is 1. The zero-order valence-corrected chi connectivity index (χ0v) is 10.9. The van der Waals surface area contributed by atoms with Gasteiger partial charge in [-0.05, 0) is 45.7 Å². The van der Waals surface area contributed by atoms with Gasteiger partial charge < -0.3 is 10.1 Å². The molecule has 1 aliphatic carbocycles. The van der Waals surface area contributed by atoms with Gasteiger partial charge in [0.1, 0.15) is 0 Å². The van der Waals surface area contributed by atoms with Crippen molar-refractivity contribution in [2.24, 2.45) is 5.92 Å². The van der Waals surface area contributed by atoms with E-state index in [4.69, 9.17) is 4.74 Å². The van der Waals surface area contributed by atoms with Gasteiger partial charge in [0.05, 0.1) is 6.61 Å². The number of hydrogen-bond acceptors (Lipinski definition) is 3. The molecule has 16 heavy (non-hydrogen) atoms. The Labute approximate surface area is 99.5 Å². The molecule has 0 aromatic carbocycles. The first-order valence-electron chi connectivity index (χ1n) is 6.69. The van der Waals surface area contributed by atoms with Crippen molar-refractivity contribution in [3.8, 4) is 0 Å². The average Bonchev–Trinajstić information content (AvgIpc) is 2.81. The van der Waals surface area contributed by atoms with Crippen LogP contribution in [0.2, 0.25) is 0 Å². The Kier molecular flexibility index (Phi) is 4.22. The highest BCUT2D eigenvalue weighted by molar-refractivity contribution is 4.91. The van der Waals surface area contributed by atoms with E-state index in [1.54, 1.807) is 0 Å². The van der Waals surface area contributed by atoms with E-state index in [1.165, 1.54) is 25.7 Å². The lowest BCUT2D eigenvalue weighted by atomic mass is 9.82. The van der Waals surface area contributed by atoms with Crippen LogP contribution in [0.25, 0.3) is 0 Å². The smallest absolute Gasteiger partial charge is 0.0622 e. The van der Waals surface area contributed by atoms with Gasteiger partial charge >= 0.3 is 0 Å². The maximum atomic E-state index is 5.50. The highest BCUT2D eigenvalue weighted by atomic mass is 16.5. The van der Waals surface area contributed by atoms with Crippen molar-refractivity contribution in [2.45, 2.75) is 50.7 Å². The van der Waals surface area contributed by atoms with Crippen molar-refractivity contribution in [1.29, 1.82) is 0 Å². The molecule has 1 N–H and O–H groups in total. The zero-order valence-electron chi connectivity index (χ0n) is 10.9. The van der Waals surface area contributed by atoms with Crippen LogP contribution in [-0.2, 0) is 4.74 Å². The highest BCUT2D eigenvalue weighted by Gasteiger charge is 2.34. The Bertz CT molecular complexity index is 216. The van der Waals surface area contributed by atoms with E-state index >= 15 is 0 Å². The lowest BCUT2D eigenvalue weighted by Gasteiger charge is -2.42. The number of rotatable bonds is 3. The van der Waals surface area contributed by atoms with Crippen molar-refractivity contribution in [2.75, 3.05) is 27.3 Å². The predicted octanol–water partition coefficient (Wildman–Crippen LogP) is 1.48. The summed E-state index contributed by atoms with van der Waals surface area (Å²) in [5.74, 6) is 0.874. The van der Waals surface area contributed by atoms with Crippen LogP contribution in [-0.4, -0.2) is 50.3 Å². The minimum Gasteiger partial charge on any atom is -0.380 e. The fourth-order valence-electron chi connectivity index (χ4n) is 3.25. The predicted molar refractivity (Wildman–Crippen MR) is 66.6 cm³/mol. The van der Waals surface area contributed by atoms with Crippen molar-refractivity contribution in [3.05, 3.63) is 0 Å². The fourth-order valence-corrected chi connectivity index (χ4v) is 3.25. The minimum atomic E-state index is 0.645. The van der Waals surface area contributed by atoms with E-state index in [0.29, 0.717) is 18.1 Å². The standard InChI is InChI=1S/C13H26N2O/c1-10-4-5-12(14-2)13(8-10)15(3)11-6-7-16-9-11/h10-14H,4-9H2,1-3H3. The van der Waals surface area contributed by atoms with Gasteiger partial charge in [0.25, 0.3) is 0 Å². The normalized spacial score (nSPS) is 40.5. The number of ether oxygens (including phenoxy) is 1. The van der Waals surface area contributed by atoms with E-state index in [1.807, 2.05) is 0 Å². The van der Waals surface area contributed by atoms with Crippen LogP contribution in [0.15, 0.2) is 0 Å². The molecule has 4 unspecified atom stereocenters. The summed E-state index contributed by atoms with van der Waals surface area (Å²) in [4.78, 5) is 2.57. The third-order valence-electron chi connectivity index (χ3n) is 4.45. The molecule has 2 fully saturated rings. The summed E-state index contributed by atoms with van der Waals surface area (Å²) in [7, 11) is 4.39. The molecule has 1 heterocycles. The lowest BCUT2D eigenvalue weighted by Crippen LogP contribution is -2.54.